The molecule has 0 aliphatic heterocycles. The van der Waals surface area contributed by atoms with Gasteiger partial charge in [-0.15, -0.1) is 0 Å². The summed E-state index contributed by atoms with van der Waals surface area (Å²) in [5.41, 5.74) is 0.637. The summed E-state index contributed by atoms with van der Waals surface area (Å²) in [6.45, 7) is -0.489. The molecule has 2 amide bonds. The van der Waals surface area contributed by atoms with Crippen LogP contribution in [-0.4, -0.2) is 165 Å². The van der Waals surface area contributed by atoms with Crippen LogP contribution in [0.1, 0.15) is 24.2 Å². The van der Waals surface area contributed by atoms with Gasteiger partial charge in [-0.25, -0.2) is 4.79 Å². The molecule has 48 heavy (non-hydrogen) atoms. The van der Waals surface area contributed by atoms with E-state index < -0.39 is 81.3 Å². The van der Waals surface area contributed by atoms with Crippen molar-refractivity contribution in [3.63, 3.8) is 0 Å². The van der Waals surface area contributed by atoms with Gasteiger partial charge in [0.25, 0.3) is 5.91 Å². The first-order chi connectivity index (χ1) is 22.4. The van der Waals surface area contributed by atoms with Crippen LogP contribution in [0.15, 0.2) is 6.07 Å². The number of rotatable bonds is 22. The lowest BCUT2D eigenvalue weighted by Gasteiger charge is -2.33. The molecule has 1 aromatic carbocycles. The Kier molecular flexibility index (Phi) is 19.4. The molecule has 0 aromatic heterocycles. The van der Waals surface area contributed by atoms with Crippen LogP contribution in [-0.2, 0) is 28.7 Å². The Labute approximate surface area is 316 Å². The Hall–Kier alpha value is -2.62. The Morgan fingerprint density at radius 1 is 0.729 bits per heavy atom. The average molecular weight is 1020 g/mol. The van der Waals surface area contributed by atoms with Gasteiger partial charge >= 0.3 is 35.9 Å². The second kappa shape index (κ2) is 21.5. The van der Waals surface area contributed by atoms with Crippen LogP contribution in [0.3, 0.4) is 0 Å². The smallest absolute Gasteiger partial charge is 0.411 e. The number of ether oxygens (including phenoxy) is 1. The zero-order valence-corrected chi connectivity index (χ0v) is 32.3. The first-order valence-corrected chi connectivity index (χ1v) is 17.3. The molecule has 0 bridgehead atoms. The van der Waals surface area contributed by atoms with Crippen molar-refractivity contribution in [1.82, 2.24) is 19.6 Å². The summed E-state index contributed by atoms with van der Waals surface area (Å²) in [5, 5.41) is 49.2. The van der Waals surface area contributed by atoms with Crippen molar-refractivity contribution in [2.24, 2.45) is 0 Å². The first-order valence-electron chi connectivity index (χ1n) is 14.1. The van der Waals surface area contributed by atoms with Crippen LogP contribution in [0, 0.1) is 10.7 Å². The standard InChI is InChI=1S/C27H36I3N5O13/c1-3-34(4-2)26(46)23-16(28)7-17(29)25(24(23)30)31-27(47)48-14-15(35(12-21(42)43)13-22(44)45)8-32(9-18(36)37)5-6-33(10-19(38)39)11-20(40)41/h7,15H,3-6,8-14H2,1-2H3,(H,31,47)(H,36,37)(H,38,39)(H,40,41)(H,42,43)(H,44,45). The zero-order chi connectivity index (χ0) is 36.7. The highest BCUT2D eigenvalue weighted by molar-refractivity contribution is 14.1. The molecule has 6 N–H and O–H groups in total. The fourth-order valence-corrected chi connectivity index (χ4v) is 8.52. The molecule has 0 radical (unpaired) electrons. The first kappa shape index (κ1) is 43.4. The number of carbonyl (C=O) groups is 7. The van der Waals surface area contributed by atoms with Crippen LogP contribution in [0.4, 0.5) is 10.5 Å². The van der Waals surface area contributed by atoms with Crippen LogP contribution in [0.2, 0.25) is 0 Å². The number of nitrogens with one attached hydrogen (secondary N) is 1. The fourth-order valence-electron chi connectivity index (χ4n) is 4.42. The van der Waals surface area contributed by atoms with Crippen LogP contribution >= 0.6 is 67.8 Å². The lowest BCUT2D eigenvalue weighted by molar-refractivity contribution is -0.145. The molecule has 1 unspecified atom stereocenters. The number of hydrogen-bond acceptors (Lipinski definition) is 11. The molecule has 0 saturated carbocycles. The minimum Gasteiger partial charge on any atom is -0.480 e. The predicted octanol–water partition coefficient (Wildman–Crippen LogP) is 1.23. The van der Waals surface area contributed by atoms with Gasteiger partial charge in [0.15, 0.2) is 0 Å². The highest BCUT2D eigenvalue weighted by Gasteiger charge is 2.29. The highest BCUT2D eigenvalue weighted by atomic mass is 127. The van der Waals surface area contributed by atoms with E-state index in [1.54, 1.807) is 11.0 Å². The zero-order valence-electron chi connectivity index (χ0n) is 25.9. The van der Waals surface area contributed by atoms with Gasteiger partial charge in [-0.2, -0.15) is 0 Å². The Morgan fingerprint density at radius 3 is 1.65 bits per heavy atom. The highest BCUT2D eigenvalue weighted by Crippen LogP contribution is 2.32. The summed E-state index contributed by atoms with van der Waals surface area (Å²) < 4.78 is 7.06. The van der Waals surface area contributed by atoms with E-state index in [4.69, 9.17) is 14.9 Å². The van der Waals surface area contributed by atoms with E-state index in [1.807, 2.05) is 81.6 Å². The molecule has 18 nitrogen and oxygen atoms in total. The number of halogens is 3. The molecule has 1 atom stereocenters. The number of anilines is 1. The van der Waals surface area contributed by atoms with Crippen molar-refractivity contribution >= 4 is 115 Å². The van der Waals surface area contributed by atoms with E-state index in [2.05, 4.69) is 5.32 Å². The number of carbonyl (C=O) groups excluding carboxylic acids is 2. The van der Waals surface area contributed by atoms with Gasteiger partial charge in [0, 0.05) is 39.9 Å². The van der Waals surface area contributed by atoms with Crippen molar-refractivity contribution in [3.05, 3.63) is 22.3 Å². The Morgan fingerprint density at radius 2 is 1.19 bits per heavy atom. The molecular formula is C27H36I3N5O13. The summed E-state index contributed by atoms with van der Waals surface area (Å²) in [6.07, 6.45) is -1.03. The van der Waals surface area contributed by atoms with E-state index in [1.165, 1.54) is 4.90 Å². The maximum atomic E-state index is 13.2. The Bertz CT molecular complexity index is 1330. The van der Waals surface area contributed by atoms with E-state index in [9.17, 15) is 48.9 Å². The van der Waals surface area contributed by atoms with E-state index in [-0.39, 0.29) is 31.2 Å². The van der Waals surface area contributed by atoms with Gasteiger partial charge in [0.2, 0.25) is 0 Å². The van der Waals surface area contributed by atoms with Gasteiger partial charge < -0.3 is 35.2 Å². The quantitative estimate of drug-likeness (QED) is 0.0894. The fraction of sp³-hybridized carbons (Fsp3) is 0.519. The maximum Gasteiger partial charge on any atom is 0.411 e. The van der Waals surface area contributed by atoms with Gasteiger partial charge in [-0.3, -0.25) is 48.8 Å². The Balaban J connectivity index is 3.36. The van der Waals surface area contributed by atoms with Crippen molar-refractivity contribution in [2.75, 3.05) is 77.4 Å². The molecule has 0 spiro atoms. The van der Waals surface area contributed by atoms with Crippen molar-refractivity contribution in [1.29, 1.82) is 0 Å². The third kappa shape index (κ3) is 15.3. The maximum absolute atomic E-state index is 13.2. The second-order valence-electron chi connectivity index (χ2n) is 10.1. The monoisotopic (exact) mass is 1020 g/mol. The molecule has 268 valence electrons. The molecular weight excluding hydrogens is 983 g/mol. The molecule has 1 rings (SSSR count). The minimum absolute atomic E-state index is 0.216. The van der Waals surface area contributed by atoms with Gasteiger partial charge in [-0.05, 0) is 87.7 Å². The third-order valence-corrected chi connectivity index (χ3v) is 9.32. The molecule has 1 aromatic rings. The normalized spacial score (nSPS) is 11.8. The van der Waals surface area contributed by atoms with E-state index >= 15 is 0 Å². The van der Waals surface area contributed by atoms with Crippen LogP contribution in [0.25, 0.3) is 0 Å². The topological polar surface area (TPSA) is 255 Å². The molecule has 0 saturated heterocycles. The lowest BCUT2D eigenvalue weighted by atomic mass is 10.1. The SMILES string of the molecule is CCN(CC)C(=O)c1c(I)cc(I)c(NC(=O)OCC(CN(CCN(CC(=O)O)CC(=O)O)CC(=O)O)N(CC(=O)O)CC(=O)O)c1I. The molecule has 0 fully saturated rings. The summed E-state index contributed by atoms with van der Waals surface area (Å²) in [6, 6.07) is 0.492. The molecule has 0 heterocycles. The van der Waals surface area contributed by atoms with Crippen LogP contribution in [0.5, 0.6) is 0 Å². The number of hydrogen-bond donors (Lipinski definition) is 6. The van der Waals surface area contributed by atoms with E-state index in [0.717, 1.165) is 9.80 Å². The van der Waals surface area contributed by atoms with Crippen molar-refractivity contribution < 1.29 is 63.8 Å². The number of carboxylic acid groups (broad SMARTS) is 5. The summed E-state index contributed by atoms with van der Waals surface area (Å²) in [5.74, 6) is -7.07. The largest absolute Gasteiger partial charge is 0.480 e. The average Bonchev–Trinajstić information content (AvgIpc) is 2.94. The summed E-state index contributed by atoms with van der Waals surface area (Å²) in [4.78, 5) is 88.4. The van der Waals surface area contributed by atoms with Crippen molar-refractivity contribution in [3.8, 4) is 0 Å². The number of amides is 2. The lowest BCUT2D eigenvalue weighted by Crippen LogP contribution is -2.52. The van der Waals surface area contributed by atoms with Gasteiger partial charge in [0.1, 0.15) is 6.61 Å². The minimum atomic E-state index is -1.42. The van der Waals surface area contributed by atoms with Crippen molar-refractivity contribution in [2.45, 2.75) is 19.9 Å². The third-order valence-electron chi connectivity index (χ3n) is 6.54. The van der Waals surface area contributed by atoms with Gasteiger partial charge in [0.05, 0.1) is 53.6 Å². The number of benzene rings is 1. The van der Waals surface area contributed by atoms with Gasteiger partial charge in [-0.1, -0.05) is 0 Å². The number of aliphatic carboxylic acids is 5. The molecule has 21 heteroatoms. The summed E-state index contributed by atoms with van der Waals surface area (Å²) >= 11 is 5.93. The molecule has 0 aliphatic carbocycles. The number of carboxylic acids is 5. The number of nitrogens with zero attached hydrogens (tertiary/aromatic N) is 4. The van der Waals surface area contributed by atoms with E-state index in [0.29, 0.717) is 29.4 Å². The van der Waals surface area contributed by atoms with Crippen LogP contribution < -0.4 is 5.32 Å². The predicted molar refractivity (Wildman–Crippen MR) is 193 cm³/mol. The molecule has 0 aliphatic rings. The second-order valence-corrected chi connectivity index (χ2v) is 13.5. The summed E-state index contributed by atoms with van der Waals surface area (Å²) in [7, 11) is 0.